The van der Waals surface area contributed by atoms with Crippen LogP contribution in [0.3, 0.4) is 0 Å². The fourth-order valence-corrected chi connectivity index (χ4v) is 3.76. The van der Waals surface area contributed by atoms with Crippen LogP contribution in [-0.4, -0.2) is 48.2 Å². The van der Waals surface area contributed by atoms with Gasteiger partial charge in [0.05, 0.1) is 24.2 Å². The molecule has 0 aromatic heterocycles. The number of aliphatic hydroxyl groups excluding tert-OH is 1. The molecule has 0 aliphatic rings. The Morgan fingerprint density at radius 3 is 2.57 bits per heavy atom. The number of nitrogens with one attached hydrogen (secondary N) is 1. The number of hydrogen-bond acceptors (Lipinski definition) is 6. The zero-order valence-corrected chi connectivity index (χ0v) is 20.4. The summed E-state index contributed by atoms with van der Waals surface area (Å²) in [5.41, 5.74) is 1.18. The third kappa shape index (κ3) is 13.2. The van der Waals surface area contributed by atoms with Gasteiger partial charge in [0.25, 0.3) is 0 Å². The number of carbonyl (C=O) groups excluding carboxylic acids is 1. The van der Waals surface area contributed by atoms with Crippen LogP contribution in [0.15, 0.2) is 30.3 Å². The van der Waals surface area contributed by atoms with Crippen LogP contribution in [0.25, 0.3) is 0 Å². The Hall–Kier alpha value is -0.0800. The summed E-state index contributed by atoms with van der Waals surface area (Å²) in [6.45, 7) is 4.96. The number of ether oxygens (including phenoxy) is 1. The summed E-state index contributed by atoms with van der Waals surface area (Å²) in [7, 11) is 0. The Balaban J connectivity index is 0.00000729. The molecule has 2 unspecified atom stereocenters. The first-order valence-electron chi connectivity index (χ1n) is 9.90. The number of aliphatic carboxylic acids is 1. The number of hydrogen-bond donors (Lipinski definition) is 2. The normalized spacial score (nSPS) is 14.1. The van der Waals surface area contributed by atoms with E-state index < -0.39 is 18.1 Å². The molecule has 0 amide bonds. The van der Waals surface area contributed by atoms with Crippen LogP contribution in [0.2, 0.25) is 0 Å². The van der Waals surface area contributed by atoms with E-state index in [9.17, 15) is 15.0 Å². The molecule has 5 nitrogen and oxygen atoms in total. The van der Waals surface area contributed by atoms with Crippen LogP contribution in [0.5, 0.6) is 0 Å². The van der Waals surface area contributed by atoms with Crippen LogP contribution in [-0.2, 0) is 15.3 Å². The Morgan fingerprint density at radius 2 is 1.96 bits per heavy atom. The third-order valence-electron chi connectivity index (χ3n) is 4.35. The van der Waals surface area contributed by atoms with Crippen molar-refractivity contribution in [1.82, 2.24) is 5.32 Å². The van der Waals surface area contributed by atoms with E-state index >= 15 is 0 Å². The SMILES string of the molecule is CCCCCC(OCCCN[C@@H](CSCc1ccccc1)C(=O)[O-])C(C)O.[Na+]. The molecule has 3 atom stereocenters. The Morgan fingerprint density at radius 1 is 1.25 bits per heavy atom. The molecule has 28 heavy (non-hydrogen) atoms. The first-order chi connectivity index (χ1) is 13.0. The molecule has 0 spiro atoms. The topological polar surface area (TPSA) is 81.6 Å². The van der Waals surface area contributed by atoms with Crippen molar-refractivity contribution in [1.29, 1.82) is 0 Å². The van der Waals surface area contributed by atoms with Crippen LogP contribution < -0.4 is 40.0 Å². The fourth-order valence-electron chi connectivity index (χ4n) is 2.72. The summed E-state index contributed by atoms with van der Waals surface area (Å²) in [5.74, 6) is 0.173. The van der Waals surface area contributed by atoms with E-state index in [0.717, 1.165) is 31.4 Å². The van der Waals surface area contributed by atoms with E-state index in [1.165, 1.54) is 5.56 Å². The Kier molecular flexibility index (Phi) is 17.7. The molecular weight excluding hydrogens is 385 g/mol. The minimum absolute atomic E-state index is 0. The van der Waals surface area contributed by atoms with Gasteiger partial charge in [0.15, 0.2) is 0 Å². The molecule has 0 saturated carbocycles. The van der Waals surface area contributed by atoms with Gasteiger partial charge in [-0.3, -0.25) is 0 Å². The minimum atomic E-state index is -1.07. The number of aliphatic hydroxyl groups is 1. The molecule has 7 heteroatoms. The van der Waals surface area contributed by atoms with E-state index in [2.05, 4.69) is 12.2 Å². The number of thioether (sulfide) groups is 1. The van der Waals surface area contributed by atoms with Crippen molar-refractivity contribution < 1.29 is 49.3 Å². The van der Waals surface area contributed by atoms with Crippen molar-refractivity contribution in [2.45, 2.75) is 70.0 Å². The van der Waals surface area contributed by atoms with Gasteiger partial charge in [0.2, 0.25) is 0 Å². The largest absolute Gasteiger partial charge is 1.00 e. The average Bonchev–Trinajstić information content (AvgIpc) is 2.65. The van der Waals surface area contributed by atoms with Crippen molar-refractivity contribution in [2.75, 3.05) is 18.9 Å². The average molecular weight is 420 g/mol. The summed E-state index contributed by atoms with van der Waals surface area (Å²) in [5, 5.41) is 24.1. The zero-order chi connectivity index (χ0) is 19.9. The number of carbonyl (C=O) groups is 1. The fraction of sp³-hybridized carbons (Fsp3) is 0.667. The summed E-state index contributed by atoms with van der Waals surface area (Å²) >= 11 is 1.58. The van der Waals surface area contributed by atoms with E-state index in [-0.39, 0.29) is 35.7 Å². The molecule has 1 aromatic carbocycles. The van der Waals surface area contributed by atoms with E-state index in [1.807, 2.05) is 30.3 Å². The van der Waals surface area contributed by atoms with Gasteiger partial charge in [-0.25, -0.2) is 0 Å². The molecule has 0 aliphatic heterocycles. The molecule has 0 aliphatic carbocycles. The van der Waals surface area contributed by atoms with Gasteiger partial charge >= 0.3 is 29.6 Å². The molecule has 0 heterocycles. The van der Waals surface area contributed by atoms with E-state index in [1.54, 1.807) is 18.7 Å². The molecular formula is C21H34NNaO4S. The first-order valence-corrected chi connectivity index (χ1v) is 11.1. The molecule has 0 radical (unpaired) electrons. The third-order valence-corrected chi connectivity index (χ3v) is 5.46. The van der Waals surface area contributed by atoms with E-state index in [4.69, 9.17) is 4.74 Å². The van der Waals surface area contributed by atoms with Crippen molar-refractivity contribution >= 4 is 17.7 Å². The quantitative estimate of drug-likeness (QED) is 0.274. The summed E-state index contributed by atoms with van der Waals surface area (Å²) in [6, 6.07) is 9.32. The zero-order valence-electron chi connectivity index (χ0n) is 17.6. The maximum absolute atomic E-state index is 11.3. The molecule has 1 aromatic rings. The number of unbranched alkanes of at least 4 members (excludes halogenated alkanes) is 2. The maximum Gasteiger partial charge on any atom is 1.00 e. The molecule has 154 valence electrons. The van der Waals surface area contributed by atoms with Gasteiger partial charge < -0.3 is 25.1 Å². The van der Waals surface area contributed by atoms with Crippen LogP contribution in [0.4, 0.5) is 0 Å². The van der Waals surface area contributed by atoms with Gasteiger partial charge in [-0.1, -0.05) is 56.5 Å². The molecule has 0 fully saturated rings. The van der Waals surface area contributed by atoms with Crippen LogP contribution >= 0.6 is 11.8 Å². The van der Waals surface area contributed by atoms with Crippen molar-refractivity contribution in [3.63, 3.8) is 0 Å². The molecule has 1 rings (SSSR count). The number of carboxylic acids is 1. The second-order valence-electron chi connectivity index (χ2n) is 6.83. The van der Waals surface area contributed by atoms with Crippen molar-refractivity contribution in [2.24, 2.45) is 0 Å². The van der Waals surface area contributed by atoms with Crippen LogP contribution in [0.1, 0.15) is 51.5 Å². The Bertz CT molecular complexity index is 504. The standard InChI is InChI=1S/C21H35NO4S.Na/c1-3-4-6-12-20(17(2)23)26-14-9-13-22-19(21(24)25)16-27-15-18-10-7-5-8-11-18;/h5,7-8,10-11,17,19-20,22-23H,3-4,6,9,12-16H2,1-2H3,(H,24,25);/q;+1/p-1/t17?,19-,20?;/m0./s1. The predicted molar refractivity (Wildman–Crippen MR) is 110 cm³/mol. The first kappa shape index (κ1) is 27.9. The van der Waals surface area contributed by atoms with Crippen molar-refractivity contribution in [3.05, 3.63) is 35.9 Å². The number of benzene rings is 1. The van der Waals surface area contributed by atoms with Crippen molar-refractivity contribution in [3.8, 4) is 0 Å². The summed E-state index contributed by atoms with van der Waals surface area (Å²) < 4.78 is 5.77. The summed E-state index contributed by atoms with van der Waals surface area (Å²) in [4.78, 5) is 11.3. The predicted octanol–water partition coefficient (Wildman–Crippen LogP) is -0.632. The Labute approximate surface area is 196 Å². The molecule has 2 N–H and O–H groups in total. The van der Waals surface area contributed by atoms with Crippen LogP contribution in [0, 0.1) is 0 Å². The van der Waals surface area contributed by atoms with E-state index in [0.29, 0.717) is 25.3 Å². The minimum Gasteiger partial charge on any atom is -0.548 e. The van der Waals surface area contributed by atoms with Gasteiger partial charge in [0, 0.05) is 18.1 Å². The van der Waals surface area contributed by atoms with Gasteiger partial charge in [-0.05, 0) is 31.9 Å². The molecule has 0 saturated heterocycles. The smallest absolute Gasteiger partial charge is 0.548 e. The number of carboxylic acid groups (broad SMARTS) is 1. The second-order valence-corrected chi connectivity index (χ2v) is 7.86. The number of rotatable bonds is 16. The summed E-state index contributed by atoms with van der Waals surface area (Å²) in [6.07, 6.45) is 4.26. The van der Waals surface area contributed by atoms with Gasteiger partial charge in [-0.15, -0.1) is 0 Å². The van der Waals surface area contributed by atoms with Gasteiger partial charge in [0.1, 0.15) is 0 Å². The maximum atomic E-state index is 11.3. The molecule has 0 bridgehead atoms. The van der Waals surface area contributed by atoms with Gasteiger partial charge in [-0.2, -0.15) is 11.8 Å². The monoisotopic (exact) mass is 419 g/mol. The second kappa shape index (κ2) is 17.8.